The highest BCUT2D eigenvalue weighted by molar-refractivity contribution is 5.45. The van der Waals surface area contributed by atoms with E-state index < -0.39 is 0 Å². The number of aryl methyl sites for hydroxylation is 1. The van der Waals surface area contributed by atoms with Gasteiger partial charge in [-0.2, -0.15) is 0 Å². The van der Waals surface area contributed by atoms with Gasteiger partial charge in [0.05, 0.1) is 6.61 Å². The van der Waals surface area contributed by atoms with Crippen molar-refractivity contribution in [1.82, 2.24) is 5.32 Å². The van der Waals surface area contributed by atoms with E-state index >= 15 is 0 Å². The molecule has 2 aliphatic rings. The minimum Gasteiger partial charge on any atom is -0.493 e. The summed E-state index contributed by atoms with van der Waals surface area (Å²) in [6.07, 6.45) is 3.67. The molecule has 0 aromatic heterocycles. The van der Waals surface area contributed by atoms with Crippen LogP contribution in [0.3, 0.4) is 0 Å². The Hall–Kier alpha value is -1.02. The van der Waals surface area contributed by atoms with Crippen LogP contribution in [0.5, 0.6) is 5.75 Å². The number of benzene rings is 1. The minimum atomic E-state index is 0.484. The standard InChI is InChI=1S/C16H23NO/c1-3-17-15(14-10-11(14)2)13-8-4-6-12-7-5-9-18-16(12)13/h4,6,8,11,14-15,17H,3,5,7,9-10H2,1-2H3. The summed E-state index contributed by atoms with van der Waals surface area (Å²) in [4.78, 5) is 0. The molecular formula is C16H23NO. The molecule has 0 amide bonds. The summed E-state index contributed by atoms with van der Waals surface area (Å²) in [5.74, 6) is 2.82. The summed E-state index contributed by atoms with van der Waals surface area (Å²) >= 11 is 0. The zero-order valence-electron chi connectivity index (χ0n) is 11.4. The second-order valence-corrected chi connectivity index (χ2v) is 5.70. The summed E-state index contributed by atoms with van der Waals surface area (Å²) in [5.41, 5.74) is 2.79. The monoisotopic (exact) mass is 245 g/mol. The summed E-state index contributed by atoms with van der Waals surface area (Å²) < 4.78 is 5.96. The van der Waals surface area contributed by atoms with E-state index in [2.05, 4.69) is 37.4 Å². The average Bonchev–Trinajstić information content (AvgIpc) is 3.12. The summed E-state index contributed by atoms with van der Waals surface area (Å²) in [7, 11) is 0. The fourth-order valence-electron chi connectivity index (χ4n) is 3.19. The van der Waals surface area contributed by atoms with Gasteiger partial charge in [0.2, 0.25) is 0 Å². The van der Waals surface area contributed by atoms with Crippen LogP contribution in [0.15, 0.2) is 18.2 Å². The number of nitrogens with one attached hydrogen (secondary N) is 1. The van der Waals surface area contributed by atoms with Crippen LogP contribution in [0.4, 0.5) is 0 Å². The SMILES string of the molecule is CCNC(c1cccc2c1OCCC2)C1CC1C. The first-order chi connectivity index (χ1) is 8.81. The lowest BCUT2D eigenvalue weighted by atomic mass is 9.95. The van der Waals surface area contributed by atoms with Gasteiger partial charge < -0.3 is 10.1 Å². The number of fused-ring (bicyclic) bond motifs is 1. The lowest BCUT2D eigenvalue weighted by Crippen LogP contribution is -2.25. The van der Waals surface area contributed by atoms with Gasteiger partial charge in [-0.1, -0.05) is 32.0 Å². The second kappa shape index (κ2) is 4.93. The molecule has 3 rings (SSSR count). The van der Waals surface area contributed by atoms with Crippen molar-refractivity contribution in [2.24, 2.45) is 11.8 Å². The fraction of sp³-hybridized carbons (Fsp3) is 0.625. The Bertz CT molecular complexity index is 429. The first kappa shape index (κ1) is 12.0. The lowest BCUT2D eigenvalue weighted by molar-refractivity contribution is 0.279. The van der Waals surface area contributed by atoms with Crippen LogP contribution in [0, 0.1) is 11.8 Å². The molecule has 0 bridgehead atoms. The predicted octanol–water partition coefficient (Wildman–Crippen LogP) is 3.32. The van der Waals surface area contributed by atoms with Crippen LogP contribution in [-0.4, -0.2) is 13.2 Å². The Morgan fingerprint density at radius 1 is 1.44 bits per heavy atom. The fourth-order valence-corrected chi connectivity index (χ4v) is 3.19. The topological polar surface area (TPSA) is 21.3 Å². The van der Waals surface area contributed by atoms with E-state index in [0.29, 0.717) is 6.04 Å². The van der Waals surface area contributed by atoms with Gasteiger partial charge in [-0.25, -0.2) is 0 Å². The molecule has 3 atom stereocenters. The number of ether oxygens (including phenoxy) is 1. The molecular weight excluding hydrogens is 222 g/mol. The normalized spacial score (nSPS) is 27.2. The molecule has 1 saturated carbocycles. The molecule has 1 aliphatic heterocycles. The Labute approximate surface area is 110 Å². The van der Waals surface area contributed by atoms with Crippen molar-refractivity contribution in [3.63, 3.8) is 0 Å². The van der Waals surface area contributed by atoms with Crippen molar-refractivity contribution in [3.05, 3.63) is 29.3 Å². The molecule has 1 N–H and O–H groups in total. The van der Waals surface area contributed by atoms with Crippen molar-refractivity contribution in [1.29, 1.82) is 0 Å². The first-order valence-corrected chi connectivity index (χ1v) is 7.29. The van der Waals surface area contributed by atoms with E-state index in [1.165, 1.54) is 29.7 Å². The van der Waals surface area contributed by atoms with Gasteiger partial charge in [0.1, 0.15) is 5.75 Å². The number of hydrogen-bond acceptors (Lipinski definition) is 2. The third kappa shape index (κ3) is 2.14. The third-order valence-electron chi connectivity index (χ3n) is 4.32. The molecule has 1 aromatic carbocycles. The highest BCUT2D eigenvalue weighted by atomic mass is 16.5. The largest absolute Gasteiger partial charge is 0.493 e. The minimum absolute atomic E-state index is 0.484. The Morgan fingerprint density at radius 3 is 3.00 bits per heavy atom. The van der Waals surface area contributed by atoms with Crippen molar-refractivity contribution in [2.45, 2.75) is 39.2 Å². The van der Waals surface area contributed by atoms with E-state index in [4.69, 9.17) is 4.74 Å². The maximum atomic E-state index is 5.96. The van der Waals surface area contributed by atoms with Gasteiger partial charge in [-0.15, -0.1) is 0 Å². The zero-order chi connectivity index (χ0) is 12.5. The smallest absolute Gasteiger partial charge is 0.127 e. The Morgan fingerprint density at radius 2 is 2.28 bits per heavy atom. The molecule has 0 saturated heterocycles. The van der Waals surface area contributed by atoms with E-state index in [-0.39, 0.29) is 0 Å². The van der Waals surface area contributed by atoms with Gasteiger partial charge in [0, 0.05) is 11.6 Å². The molecule has 98 valence electrons. The van der Waals surface area contributed by atoms with Gasteiger partial charge in [-0.3, -0.25) is 0 Å². The lowest BCUT2D eigenvalue weighted by Gasteiger charge is -2.26. The van der Waals surface area contributed by atoms with Crippen molar-refractivity contribution < 1.29 is 4.74 Å². The van der Waals surface area contributed by atoms with Gasteiger partial charge >= 0.3 is 0 Å². The van der Waals surface area contributed by atoms with E-state index in [0.717, 1.165) is 31.4 Å². The highest BCUT2D eigenvalue weighted by Crippen LogP contribution is 2.49. The van der Waals surface area contributed by atoms with Crippen LogP contribution in [0.25, 0.3) is 0 Å². The molecule has 1 aliphatic carbocycles. The third-order valence-corrected chi connectivity index (χ3v) is 4.32. The molecule has 3 unspecified atom stereocenters. The molecule has 1 heterocycles. The van der Waals surface area contributed by atoms with E-state index in [9.17, 15) is 0 Å². The first-order valence-electron chi connectivity index (χ1n) is 7.29. The van der Waals surface area contributed by atoms with Crippen molar-refractivity contribution in [2.75, 3.05) is 13.2 Å². The van der Waals surface area contributed by atoms with Crippen molar-refractivity contribution in [3.8, 4) is 5.75 Å². The molecule has 2 nitrogen and oxygen atoms in total. The number of hydrogen-bond donors (Lipinski definition) is 1. The number of rotatable bonds is 4. The molecule has 18 heavy (non-hydrogen) atoms. The maximum Gasteiger partial charge on any atom is 0.127 e. The number of para-hydroxylation sites is 1. The van der Waals surface area contributed by atoms with Crippen LogP contribution in [0.2, 0.25) is 0 Å². The average molecular weight is 245 g/mol. The molecule has 0 spiro atoms. The van der Waals surface area contributed by atoms with E-state index in [1.54, 1.807) is 0 Å². The molecule has 0 radical (unpaired) electrons. The van der Waals surface area contributed by atoms with Crippen LogP contribution in [0.1, 0.15) is 43.9 Å². The van der Waals surface area contributed by atoms with Crippen LogP contribution < -0.4 is 10.1 Å². The van der Waals surface area contributed by atoms with Gasteiger partial charge in [-0.05, 0) is 43.2 Å². The van der Waals surface area contributed by atoms with Crippen LogP contribution in [-0.2, 0) is 6.42 Å². The molecule has 1 aromatic rings. The maximum absolute atomic E-state index is 5.96. The molecule has 2 heteroatoms. The summed E-state index contributed by atoms with van der Waals surface area (Å²) in [5, 5.41) is 3.66. The summed E-state index contributed by atoms with van der Waals surface area (Å²) in [6, 6.07) is 7.15. The Kier molecular flexibility index (Phi) is 3.29. The highest BCUT2D eigenvalue weighted by Gasteiger charge is 2.41. The predicted molar refractivity (Wildman–Crippen MR) is 73.9 cm³/mol. The van der Waals surface area contributed by atoms with Gasteiger partial charge in [0.15, 0.2) is 0 Å². The molecule has 1 fully saturated rings. The van der Waals surface area contributed by atoms with Crippen LogP contribution >= 0.6 is 0 Å². The van der Waals surface area contributed by atoms with Gasteiger partial charge in [0.25, 0.3) is 0 Å². The van der Waals surface area contributed by atoms with E-state index in [1.807, 2.05) is 0 Å². The Balaban J connectivity index is 1.93. The second-order valence-electron chi connectivity index (χ2n) is 5.70. The zero-order valence-corrected chi connectivity index (χ0v) is 11.4. The van der Waals surface area contributed by atoms with Crippen molar-refractivity contribution >= 4 is 0 Å². The summed E-state index contributed by atoms with van der Waals surface area (Å²) in [6.45, 7) is 6.45. The quantitative estimate of drug-likeness (QED) is 0.878.